The summed E-state index contributed by atoms with van der Waals surface area (Å²) in [6, 6.07) is 4.15. The number of nitrogens with one attached hydrogen (secondary N) is 2. The van der Waals surface area contributed by atoms with Crippen molar-refractivity contribution < 1.29 is 10.8 Å². The fourth-order valence-electron chi connectivity index (χ4n) is 9.22. The highest BCUT2D eigenvalue weighted by atomic mass is 16.5. The van der Waals surface area contributed by atoms with Crippen LogP contribution < -0.4 is 16.0 Å². The Morgan fingerprint density at radius 2 is 1.30 bits per heavy atom. The third kappa shape index (κ3) is 7.53. The minimum atomic E-state index is -0.880. The number of hydrogen-bond acceptors (Lipinski definition) is 5. The molecule has 10 atom stereocenters. The summed E-state index contributed by atoms with van der Waals surface area (Å²) < 4.78 is 24.7. The van der Waals surface area contributed by atoms with Crippen LogP contribution in [-0.2, 0) is 9.47 Å². The molecule has 1 aromatic heterocycles. The van der Waals surface area contributed by atoms with E-state index in [-0.39, 0.29) is 24.4 Å². The van der Waals surface area contributed by atoms with Gasteiger partial charge in [0.25, 0.3) is 0 Å². The topological polar surface area (TPSA) is 71.0 Å². The Labute approximate surface area is 301 Å². The molecule has 4 aliphatic heterocycles. The SMILES string of the molecule is [2H]C1C(C(C)OC2CC(C)CCC2C(C)C)=C2/C=C3/C=CC(=N3)/C=c3/cc/c([nH]3)=C/C3=NC(=C\C1(C(C)OC1CC(C)CCC1C(C)C)N2)/C=C3. The molecule has 10 unspecified atom stereocenters. The average Bonchev–Trinajstić information content (AvgIpc) is 3.86. The van der Waals surface area contributed by atoms with Crippen LogP contribution in [0.4, 0.5) is 0 Å². The molecule has 6 nitrogen and oxygen atoms in total. The van der Waals surface area contributed by atoms with E-state index >= 15 is 0 Å². The Bertz CT molecular complexity index is 1820. The molecule has 2 aliphatic carbocycles. The van der Waals surface area contributed by atoms with Crippen LogP contribution in [0.25, 0.3) is 12.2 Å². The smallest absolute Gasteiger partial charge is 0.0878 e. The number of fused-ring (bicyclic) bond motifs is 6. The van der Waals surface area contributed by atoms with E-state index < -0.39 is 11.9 Å². The summed E-state index contributed by atoms with van der Waals surface area (Å²) in [5.74, 6) is 3.34. The van der Waals surface area contributed by atoms with Crippen molar-refractivity contribution in [3.63, 3.8) is 0 Å². The van der Waals surface area contributed by atoms with E-state index in [0.717, 1.165) is 57.6 Å². The highest BCUT2D eigenvalue weighted by Gasteiger charge is 2.46. The fraction of sp³-hybridized carbons (Fsp3) is 0.591. The van der Waals surface area contributed by atoms with Crippen molar-refractivity contribution in [2.75, 3.05) is 0 Å². The first-order valence-electron chi connectivity index (χ1n) is 20.1. The molecule has 0 saturated heterocycles. The van der Waals surface area contributed by atoms with Gasteiger partial charge in [0.2, 0.25) is 0 Å². The maximum absolute atomic E-state index is 10.3. The van der Waals surface area contributed by atoms with Gasteiger partial charge in [0.05, 0.1) is 52.8 Å². The lowest BCUT2D eigenvalue weighted by Crippen LogP contribution is -2.52. The van der Waals surface area contributed by atoms with E-state index in [1.807, 2.05) is 0 Å². The lowest BCUT2D eigenvalue weighted by molar-refractivity contribution is -0.0952. The van der Waals surface area contributed by atoms with Crippen molar-refractivity contribution >= 4 is 23.6 Å². The second-order valence-electron chi connectivity index (χ2n) is 16.9. The van der Waals surface area contributed by atoms with Crippen LogP contribution in [-0.4, -0.2) is 46.4 Å². The van der Waals surface area contributed by atoms with Crippen molar-refractivity contribution in [1.29, 1.82) is 0 Å². The molecule has 50 heavy (non-hydrogen) atoms. The maximum Gasteiger partial charge on any atom is 0.0878 e. The second kappa shape index (κ2) is 14.4. The molecule has 0 amide bonds. The minimum Gasteiger partial charge on any atom is -0.373 e. The van der Waals surface area contributed by atoms with Crippen LogP contribution in [0.3, 0.4) is 0 Å². The van der Waals surface area contributed by atoms with Gasteiger partial charge >= 0.3 is 0 Å². The van der Waals surface area contributed by atoms with Gasteiger partial charge in [0.1, 0.15) is 0 Å². The van der Waals surface area contributed by atoms with Gasteiger partial charge in [-0.1, -0.05) is 54.4 Å². The van der Waals surface area contributed by atoms with Gasteiger partial charge in [-0.25, -0.2) is 9.98 Å². The number of allylic oxidation sites excluding steroid dienone is 5. The molecule has 2 N–H and O–H groups in total. The first kappa shape index (κ1) is 33.9. The molecular weight excluding hydrogens is 617 g/mol. The number of ether oxygens (including phenoxy) is 2. The maximum atomic E-state index is 10.3. The monoisotopic (exact) mass is 677 g/mol. The van der Waals surface area contributed by atoms with Crippen LogP contribution in [0, 0.1) is 35.5 Å². The lowest BCUT2D eigenvalue weighted by Gasteiger charge is -2.43. The molecule has 8 bridgehead atoms. The minimum absolute atomic E-state index is 0.134. The number of aromatic amines is 1. The molecule has 0 aromatic carbocycles. The summed E-state index contributed by atoms with van der Waals surface area (Å²) in [6.07, 6.45) is 22.7. The lowest BCUT2D eigenvalue weighted by atomic mass is 9.75. The molecular formula is C44H60N4O2. The third-order valence-electron chi connectivity index (χ3n) is 12.2. The van der Waals surface area contributed by atoms with E-state index in [1.54, 1.807) is 0 Å². The Hall–Kier alpha value is -3.22. The van der Waals surface area contributed by atoms with Gasteiger partial charge in [-0.2, -0.15) is 0 Å². The number of aliphatic imine (C=N–C) groups is 2. The number of aromatic nitrogens is 1. The number of H-pyrrole nitrogens is 1. The van der Waals surface area contributed by atoms with Gasteiger partial charge < -0.3 is 19.8 Å². The van der Waals surface area contributed by atoms with Gasteiger partial charge in [0.15, 0.2) is 0 Å². The fourth-order valence-corrected chi connectivity index (χ4v) is 9.22. The second-order valence-corrected chi connectivity index (χ2v) is 16.9. The van der Waals surface area contributed by atoms with Gasteiger partial charge in [0, 0.05) is 24.2 Å². The van der Waals surface area contributed by atoms with Crippen LogP contribution in [0.1, 0.15) is 102 Å². The summed E-state index contributed by atoms with van der Waals surface area (Å²) in [7, 11) is 0. The zero-order valence-electron chi connectivity index (χ0n) is 32.6. The third-order valence-corrected chi connectivity index (χ3v) is 12.2. The first-order valence-corrected chi connectivity index (χ1v) is 19.5. The quantitative estimate of drug-likeness (QED) is 0.292. The highest BCUT2D eigenvalue weighted by Crippen LogP contribution is 2.43. The number of hydrogen-bond donors (Lipinski definition) is 2. The van der Waals surface area contributed by atoms with Crippen LogP contribution >= 0.6 is 0 Å². The van der Waals surface area contributed by atoms with Gasteiger partial charge in [-0.15, -0.1) is 0 Å². The van der Waals surface area contributed by atoms with Crippen molar-refractivity contribution in [1.82, 2.24) is 10.3 Å². The molecule has 5 heterocycles. The van der Waals surface area contributed by atoms with Crippen molar-refractivity contribution in [3.8, 4) is 0 Å². The molecule has 0 radical (unpaired) electrons. The summed E-state index contributed by atoms with van der Waals surface area (Å²) in [5.41, 5.74) is 4.46. The van der Waals surface area contributed by atoms with Crippen molar-refractivity contribution in [3.05, 3.63) is 82.0 Å². The molecule has 2 fully saturated rings. The Morgan fingerprint density at radius 1 is 0.740 bits per heavy atom. The van der Waals surface area contributed by atoms with Crippen molar-refractivity contribution in [2.24, 2.45) is 45.5 Å². The van der Waals surface area contributed by atoms with E-state index in [0.29, 0.717) is 35.5 Å². The van der Waals surface area contributed by atoms with E-state index in [2.05, 4.69) is 126 Å². The highest BCUT2D eigenvalue weighted by molar-refractivity contribution is 6.20. The standard InChI is InChI=1S/C44H60N4O2/c1-26(2)38-17-9-28(5)19-42(38)49-30(7)40-25-44(31(8)50-43-20-29(6)10-18-39(43)27(3)4)24-37-16-15-35(47-37)22-33-12-11-32(45-33)21-34-13-14-36(46-34)23-41(40)48-44/h11-16,21-24,26-31,38-39,42-43,45,48H,9-10,17-20,25H2,1-8H3/b32-21-,33-22-,36-23-,37-24-/i25D. The normalized spacial score (nSPS) is 38.6. The molecule has 7 rings (SSSR count). The molecule has 6 heteroatoms. The van der Waals surface area contributed by atoms with E-state index in [1.165, 1.54) is 25.7 Å². The zero-order valence-corrected chi connectivity index (χ0v) is 31.6. The number of rotatable bonds is 8. The summed E-state index contributed by atoms with van der Waals surface area (Å²) in [5, 5.41) is 5.94. The summed E-state index contributed by atoms with van der Waals surface area (Å²) in [4.78, 5) is 13.6. The molecule has 6 aliphatic rings. The van der Waals surface area contributed by atoms with Crippen LogP contribution in [0.5, 0.6) is 0 Å². The first-order chi connectivity index (χ1) is 24.4. The Balaban J connectivity index is 1.34. The molecule has 2 saturated carbocycles. The zero-order chi connectivity index (χ0) is 36.0. The predicted octanol–water partition coefficient (Wildman–Crippen LogP) is 8.10. The predicted molar refractivity (Wildman–Crippen MR) is 207 cm³/mol. The largest absolute Gasteiger partial charge is 0.373 e. The van der Waals surface area contributed by atoms with E-state index in [4.69, 9.17) is 19.5 Å². The van der Waals surface area contributed by atoms with Gasteiger partial charge in [-0.05, 0) is 141 Å². The Morgan fingerprint density at radius 3 is 1.90 bits per heavy atom. The summed E-state index contributed by atoms with van der Waals surface area (Å²) in [6.45, 7) is 18.4. The molecule has 268 valence electrons. The van der Waals surface area contributed by atoms with Gasteiger partial charge in [-0.3, -0.25) is 0 Å². The average molecular weight is 678 g/mol. The number of nitrogens with zero attached hydrogens (tertiary/aromatic N) is 2. The molecule has 0 spiro atoms. The van der Waals surface area contributed by atoms with Crippen molar-refractivity contribution in [2.45, 2.75) is 130 Å². The van der Waals surface area contributed by atoms with E-state index in [9.17, 15) is 1.37 Å². The summed E-state index contributed by atoms with van der Waals surface area (Å²) >= 11 is 0. The molecule has 1 aromatic rings. The van der Waals surface area contributed by atoms with Crippen LogP contribution in [0.2, 0.25) is 0 Å². The van der Waals surface area contributed by atoms with Crippen LogP contribution in [0.15, 0.2) is 81.2 Å². The Kier molecular flexibility index (Phi) is 9.78.